The third-order valence-electron chi connectivity index (χ3n) is 3.38. The summed E-state index contributed by atoms with van der Waals surface area (Å²) < 4.78 is 0. The molecule has 1 aliphatic heterocycles. The van der Waals surface area contributed by atoms with Crippen LogP contribution >= 0.6 is 0 Å². The van der Waals surface area contributed by atoms with Gasteiger partial charge in [0.25, 0.3) is 0 Å². The van der Waals surface area contributed by atoms with E-state index < -0.39 is 0 Å². The van der Waals surface area contributed by atoms with E-state index in [9.17, 15) is 5.11 Å². The van der Waals surface area contributed by atoms with Gasteiger partial charge in [-0.2, -0.15) is 15.0 Å². The molecule has 1 aromatic heterocycles. The second kappa shape index (κ2) is 5.56. The second-order valence-corrected chi connectivity index (χ2v) is 5.18. The molecule has 0 spiro atoms. The minimum absolute atomic E-state index is 0.227. The van der Waals surface area contributed by atoms with Gasteiger partial charge in [-0.1, -0.05) is 6.92 Å². The number of piperidine rings is 1. The Balaban J connectivity index is 2.26. The average molecular weight is 266 g/mol. The molecule has 1 fully saturated rings. The molecule has 1 aliphatic rings. The van der Waals surface area contributed by atoms with Crippen molar-refractivity contribution in [2.75, 3.05) is 49.3 Å². The lowest BCUT2D eigenvalue weighted by molar-refractivity contribution is 0.0966. The van der Waals surface area contributed by atoms with Crippen LogP contribution in [-0.4, -0.2) is 60.4 Å². The molecule has 7 nitrogen and oxygen atoms in total. The molecular formula is C12H22N6O. The number of rotatable bonds is 3. The Hall–Kier alpha value is -1.63. The molecule has 19 heavy (non-hydrogen) atoms. The SMILES string of the molecule is CNc1nc(N(C)C)nc(N2CCC(O)C(C)C2)n1. The largest absolute Gasteiger partial charge is 0.393 e. The van der Waals surface area contributed by atoms with Crippen LogP contribution in [0.2, 0.25) is 0 Å². The van der Waals surface area contributed by atoms with Gasteiger partial charge in [-0.3, -0.25) is 0 Å². The quantitative estimate of drug-likeness (QED) is 0.808. The van der Waals surface area contributed by atoms with Crippen molar-refractivity contribution in [2.45, 2.75) is 19.4 Å². The first-order valence-electron chi connectivity index (χ1n) is 6.55. The summed E-state index contributed by atoms with van der Waals surface area (Å²) in [5.74, 6) is 2.09. The highest BCUT2D eigenvalue weighted by atomic mass is 16.3. The van der Waals surface area contributed by atoms with Crippen molar-refractivity contribution in [3.05, 3.63) is 0 Å². The van der Waals surface area contributed by atoms with Gasteiger partial charge >= 0.3 is 0 Å². The van der Waals surface area contributed by atoms with Crippen LogP contribution < -0.4 is 15.1 Å². The lowest BCUT2D eigenvalue weighted by atomic mass is 9.97. The number of aliphatic hydroxyl groups excluding tert-OH is 1. The molecule has 0 aliphatic carbocycles. The van der Waals surface area contributed by atoms with Crippen molar-refractivity contribution in [1.82, 2.24) is 15.0 Å². The Bertz CT molecular complexity index is 438. The first-order valence-corrected chi connectivity index (χ1v) is 6.55. The topological polar surface area (TPSA) is 77.4 Å². The van der Waals surface area contributed by atoms with E-state index in [1.165, 1.54) is 0 Å². The van der Waals surface area contributed by atoms with Gasteiger partial charge in [0.05, 0.1) is 6.10 Å². The van der Waals surface area contributed by atoms with Gasteiger partial charge < -0.3 is 20.2 Å². The van der Waals surface area contributed by atoms with Crippen molar-refractivity contribution < 1.29 is 5.11 Å². The van der Waals surface area contributed by atoms with Crippen LogP contribution in [0.25, 0.3) is 0 Å². The highest BCUT2D eigenvalue weighted by Crippen LogP contribution is 2.22. The van der Waals surface area contributed by atoms with Crippen molar-refractivity contribution >= 4 is 17.8 Å². The van der Waals surface area contributed by atoms with Crippen molar-refractivity contribution in [3.8, 4) is 0 Å². The maximum atomic E-state index is 9.79. The van der Waals surface area contributed by atoms with Gasteiger partial charge in [-0.15, -0.1) is 0 Å². The fourth-order valence-electron chi connectivity index (χ4n) is 2.12. The molecule has 0 aromatic carbocycles. The van der Waals surface area contributed by atoms with Gasteiger partial charge in [0.15, 0.2) is 0 Å². The monoisotopic (exact) mass is 266 g/mol. The third-order valence-corrected chi connectivity index (χ3v) is 3.38. The Kier molecular flexibility index (Phi) is 4.04. The summed E-state index contributed by atoms with van der Waals surface area (Å²) in [6.07, 6.45) is 0.522. The maximum Gasteiger partial charge on any atom is 0.231 e. The summed E-state index contributed by atoms with van der Waals surface area (Å²) in [5, 5.41) is 12.7. The summed E-state index contributed by atoms with van der Waals surface area (Å²) in [7, 11) is 5.60. The molecule has 2 N–H and O–H groups in total. The second-order valence-electron chi connectivity index (χ2n) is 5.18. The molecule has 2 unspecified atom stereocenters. The van der Waals surface area contributed by atoms with Gasteiger partial charge in [0.1, 0.15) is 0 Å². The van der Waals surface area contributed by atoms with E-state index in [0.717, 1.165) is 19.5 Å². The first kappa shape index (κ1) is 13.8. The zero-order chi connectivity index (χ0) is 14.0. The summed E-state index contributed by atoms with van der Waals surface area (Å²) in [5.41, 5.74) is 0. The molecule has 1 aromatic rings. The van der Waals surface area contributed by atoms with Crippen LogP contribution in [-0.2, 0) is 0 Å². The van der Waals surface area contributed by atoms with Crippen LogP contribution in [0.3, 0.4) is 0 Å². The number of hydrogen-bond acceptors (Lipinski definition) is 7. The molecule has 7 heteroatoms. The van der Waals surface area contributed by atoms with Crippen LogP contribution in [0, 0.1) is 5.92 Å². The van der Waals surface area contributed by atoms with Crippen LogP contribution in [0.15, 0.2) is 0 Å². The molecule has 106 valence electrons. The third kappa shape index (κ3) is 3.04. The number of aliphatic hydroxyl groups is 1. The predicted molar refractivity (Wildman–Crippen MR) is 75.7 cm³/mol. The molecule has 2 rings (SSSR count). The van der Waals surface area contributed by atoms with E-state index in [1.807, 2.05) is 25.9 Å². The molecule has 2 heterocycles. The molecule has 0 saturated carbocycles. The number of anilines is 3. The fourth-order valence-corrected chi connectivity index (χ4v) is 2.12. The van der Waals surface area contributed by atoms with Crippen molar-refractivity contribution in [2.24, 2.45) is 5.92 Å². The Morgan fingerprint density at radius 2 is 2.05 bits per heavy atom. The standard InChI is InChI=1S/C12H22N6O/c1-8-7-18(6-5-9(8)19)12-15-10(13-2)14-11(16-12)17(3)4/h8-9,19H,5-7H2,1-4H3,(H,13,14,15,16). The van der Waals surface area contributed by atoms with E-state index in [-0.39, 0.29) is 12.0 Å². The number of hydrogen-bond donors (Lipinski definition) is 2. The highest BCUT2D eigenvalue weighted by molar-refractivity contribution is 5.44. The zero-order valence-electron chi connectivity index (χ0n) is 12.0. The molecule has 2 atom stereocenters. The van der Waals surface area contributed by atoms with Crippen molar-refractivity contribution in [1.29, 1.82) is 0 Å². The average Bonchev–Trinajstić information content (AvgIpc) is 2.41. The number of nitrogens with zero attached hydrogens (tertiary/aromatic N) is 5. The highest BCUT2D eigenvalue weighted by Gasteiger charge is 2.26. The molecule has 0 bridgehead atoms. The smallest absolute Gasteiger partial charge is 0.231 e. The van der Waals surface area contributed by atoms with E-state index >= 15 is 0 Å². The van der Waals surface area contributed by atoms with E-state index in [2.05, 4.69) is 25.2 Å². The molecule has 0 radical (unpaired) electrons. The van der Waals surface area contributed by atoms with Crippen molar-refractivity contribution in [3.63, 3.8) is 0 Å². The summed E-state index contributed by atoms with van der Waals surface area (Å²) in [4.78, 5) is 17.1. The Morgan fingerprint density at radius 1 is 1.32 bits per heavy atom. The van der Waals surface area contributed by atoms with E-state index in [4.69, 9.17) is 0 Å². The minimum atomic E-state index is -0.227. The summed E-state index contributed by atoms with van der Waals surface area (Å²) in [6, 6.07) is 0. The van der Waals surface area contributed by atoms with Crippen LogP contribution in [0.4, 0.5) is 17.8 Å². The Labute approximate surface area is 113 Å². The molecule has 0 amide bonds. The summed E-state index contributed by atoms with van der Waals surface area (Å²) in [6.45, 7) is 3.58. The number of nitrogens with one attached hydrogen (secondary N) is 1. The van der Waals surface area contributed by atoms with Crippen LogP contribution in [0.1, 0.15) is 13.3 Å². The van der Waals surface area contributed by atoms with Gasteiger partial charge in [-0.05, 0) is 12.3 Å². The maximum absolute atomic E-state index is 9.79. The van der Waals surface area contributed by atoms with E-state index in [0.29, 0.717) is 17.8 Å². The lowest BCUT2D eigenvalue weighted by Gasteiger charge is -2.34. The lowest BCUT2D eigenvalue weighted by Crippen LogP contribution is -2.43. The molecular weight excluding hydrogens is 244 g/mol. The summed E-state index contributed by atoms with van der Waals surface area (Å²) >= 11 is 0. The minimum Gasteiger partial charge on any atom is -0.393 e. The first-order chi connectivity index (χ1) is 9.01. The van der Waals surface area contributed by atoms with Gasteiger partial charge in [0, 0.05) is 34.2 Å². The Morgan fingerprint density at radius 3 is 2.63 bits per heavy atom. The van der Waals surface area contributed by atoms with E-state index in [1.54, 1.807) is 7.05 Å². The fraction of sp³-hybridized carbons (Fsp3) is 0.750. The van der Waals surface area contributed by atoms with Gasteiger partial charge in [0.2, 0.25) is 17.8 Å². The number of aromatic nitrogens is 3. The zero-order valence-corrected chi connectivity index (χ0v) is 12.0. The van der Waals surface area contributed by atoms with Gasteiger partial charge in [-0.25, -0.2) is 0 Å². The van der Waals surface area contributed by atoms with Crippen LogP contribution in [0.5, 0.6) is 0 Å². The normalized spacial score (nSPS) is 23.3. The molecule has 1 saturated heterocycles. The predicted octanol–water partition coefficient (Wildman–Crippen LogP) is 0.186.